The molecule has 0 spiro atoms. The molecule has 51 heavy (non-hydrogen) atoms. The van der Waals surface area contributed by atoms with Crippen molar-refractivity contribution in [1.29, 1.82) is 0 Å². The van der Waals surface area contributed by atoms with Crippen LogP contribution >= 0.6 is 0 Å². The average molecular weight is 696 g/mol. The Morgan fingerprint density at radius 1 is 0.686 bits per heavy atom. The van der Waals surface area contributed by atoms with Crippen LogP contribution in [-0.4, -0.2) is 54.9 Å². The quantitative estimate of drug-likeness (QED) is 0.0547. The molecule has 4 aromatic carbocycles. The monoisotopic (exact) mass is 695 g/mol. The van der Waals surface area contributed by atoms with Crippen molar-refractivity contribution in [3.8, 4) is 0 Å². The number of carbonyl (C=O) groups is 4. The molecular weight excluding hydrogens is 650 g/mol. The molecule has 12 heteroatoms. The standard InChI is InChI=1S/C39H45N5O7/c1-39(2,3)51-38(48)42-33(34(45)40-24-22-28-20-21-31-17-10-11-18-32(31)25-28)19-12-23-41-35(43-36(46)49-26-29-13-6-4-7-14-29)44-37(47)50-27-30-15-8-5-9-16-30/h4-11,13-18,20-21,25,33H,12,19,22-24,26-27H2,1-3H3,(H,40,45)(H,42,48)(H2,41,43,44,46,47)/t33-/m0/s1. The zero-order valence-electron chi connectivity index (χ0n) is 29.1. The highest BCUT2D eigenvalue weighted by Crippen LogP contribution is 2.16. The van der Waals surface area contributed by atoms with Crippen LogP contribution in [0.1, 0.15) is 50.3 Å². The number of ether oxygens (including phenoxy) is 3. The third-order valence-electron chi connectivity index (χ3n) is 7.32. The first-order chi connectivity index (χ1) is 24.5. The van der Waals surface area contributed by atoms with Crippen molar-refractivity contribution < 1.29 is 33.4 Å². The summed E-state index contributed by atoms with van der Waals surface area (Å²) in [4.78, 5) is 55.4. The lowest BCUT2D eigenvalue weighted by Gasteiger charge is -2.23. The number of hydrogen-bond acceptors (Lipinski definition) is 8. The summed E-state index contributed by atoms with van der Waals surface area (Å²) in [6.45, 7) is 5.64. The molecule has 1 atom stereocenters. The van der Waals surface area contributed by atoms with Gasteiger partial charge in [0.15, 0.2) is 0 Å². The van der Waals surface area contributed by atoms with Crippen molar-refractivity contribution in [2.45, 2.75) is 64.9 Å². The molecular formula is C39H45N5O7. The minimum atomic E-state index is -0.928. The number of guanidine groups is 1. The highest BCUT2D eigenvalue weighted by atomic mass is 16.6. The average Bonchev–Trinajstić information content (AvgIpc) is 3.11. The number of amides is 4. The Kier molecular flexibility index (Phi) is 14.4. The van der Waals surface area contributed by atoms with Gasteiger partial charge in [-0.25, -0.2) is 14.4 Å². The number of nitrogens with zero attached hydrogens (tertiary/aromatic N) is 1. The molecule has 0 saturated carbocycles. The van der Waals surface area contributed by atoms with Crippen molar-refractivity contribution in [2.24, 2.45) is 4.99 Å². The second-order valence-electron chi connectivity index (χ2n) is 12.7. The van der Waals surface area contributed by atoms with E-state index in [-0.39, 0.29) is 38.0 Å². The third-order valence-corrected chi connectivity index (χ3v) is 7.32. The van der Waals surface area contributed by atoms with E-state index >= 15 is 0 Å². The number of aliphatic imine (C=N–C) groups is 1. The second-order valence-corrected chi connectivity index (χ2v) is 12.7. The van der Waals surface area contributed by atoms with E-state index in [2.05, 4.69) is 32.3 Å². The van der Waals surface area contributed by atoms with Gasteiger partial charge in [-0.1, -0.05) is 103 Å². The smallest absolute Gasteiger partial charge is 0.414 e. The summed E-state index contributed by atoms with van der Waals surface area (Å²) in [6, 6.07) is 31.5. The molecule has 268 valence electrons. The van der Waals surface area contributed by atoms with Crippen molar-refractivity contribution >= 4 is 40.9 Å². The summed E-state index contributed by atoms with van der Waals surface area (Å²) in [5.74, 6) is -0.571. The Morgan fingerprint density at radius 3 is 1.84 bits per heavy atom. The highest BCUT2D eigenvalue weighted by Gasteiger charge is 2.24. The van der Waals surface area contributed by atoms with Crippen LogP contribution in [0.25, 0.3) is 10.8 Å². The van der Waals surface area contributed by atoms with Crippen molar-refractivity contribution in [3.05, 3.63) is 120 Å². The molecule has 0 aliphatic rings. The van der Waals surface area contributed by atoms with Crippen molar-refractivity contribution in [1.82, 2.24) is 21.3 Å². The molecule has 0 aliphatic carbocycles. The van der Waals surface area contributed by atoms with E-state index in [1.54, 1.807) is 20.8 Å². The minimum absolute atomic E-state index is 0.00635. The van der Waals surface area contributed by atoms with Gasteiger partial charge in [0.1, 0.15) is 24.9 Å². The molecule has 0 aromatic heterocycles. The van der Waals surface area contributed by atoms with Crippen LogP contribution in [0.15, 0.2) is 108 Å². The minimum Gasteiger partial charge on any atom is -0.444 e. The first-order valence-electron chi connectivity index (χ1n) is 16.8. The summed E-state index contributed by atoms with van der Waals surface area (Å²) >= 11 is 0. The van der Waals surface area contributed by atoms with Gasteiger partial charge >= 0.3 is 18.3 Å². The molecule has 0 aliphatic heterocycles. The van der Waals surface area contributed by atoms with Gasteiger partial charge in [0, 0.05) is 13.1 Å². The number of carbonyl (C=O) groups excluding carboxylic acids is 4. The van der Waals surface area contributed by atoms with Gasteiger partial charge in [-0.2, -0.15) is 0 Å². The zero-order valence-corrected chi connectivity index (χ0v) is 29.1. The van der Waals surface area contributed by atoms with Gasteiger partial charge in [0.05, 0.1) is 0 Å². The fraction of sp³-hybridized carbons (Fsp3) is 0.308. The number of hydrogen-bond donors (Lipinski definition) is 4. The van der Waals surface area contributed by atoms with Crippen LogP contribution in [0.5, 0.6) is 0 Å². The molecule has 4 amide bonds. The molecule has 4 N–H and O–H groups in total. The number of benzene rings is 4. The molecule has 0 unspecified atom stereocenters. The molecule has 4 aromatic rings. The zero-order chi connectivity index (χ0) is 36.5. The summed E-state index contributed by atoms with van der Waals surface area (Å²) < 4.78 is 16.0. The predicted octanol–water partition coefficient (Wildman–Crippen LogP) is 6.38. The van der Waals surface area contributed by atoms with E-state index in [4.69, 9.17) is 14.2 Å². The lowest BCUT2D eigenvalue weighted by molar-refractivity contribution is -0.123. The topological polar surface area (TPSA) is 156 Å². The van der Waals surface area contributed by atoms with Gasteiger partial charge in [0.2, 0.25) is 11.9 Å². The Morgan fingerprint density at radius 2 is 1.25 bits per heavy atom. The molecule has 12 nitrogen and oxygen atoms in total. The second kappa shape index (κ2) is 19.3. The van der Waals surface area contributed by atoms with E-state index in [1.165, 1.54) is 0 Å². The number of rotatable bonds is 13. The molecule has 0 fully saturated rings. The Balaban J connectivity index is 1.36. The van der Waals surface area contributed by atoms with Gasteiger partial charge in [0.25, 0.3) is 0 Å². The largest absolute Gasteiger partial charge is 0.444 e. The SMILES string of the molecule is CC(C)(C)OC(=O)N[C@@H](CCCN=C(NC(=O)OCc1ccccc1)NC(=O)OCc1ccccc1)C(=O)NCCc1ccc2ccccc2c1. The first-order valence-corrected chi connectivity index (χ1v) is 16.8. The van der Waals surface area contributed by atoms with Crippen LogP contribution in [-0.2, 0) is 38.6 Å². The lowest BCUT2D eigenvalue weighted by atomic mass is 10.1. The Hall–Kier alpha value is -5.91. The van der Waals surface area contributed by atoms with E-state index < -0.39 is 29.9 Å². The lowest BCUT2D eigenvalue weighted by Crippen LogP contribution is -2.48. The molecule has 4 rings (SSSR count). The molecule has 0 radical (unpaired) electrons. The first kappa shape index (κ1) is 37.9. The van der Waals surface area contributed by atoms with Gasteiger partial charge < -0.3 is 24.8 Å². The van der Waals surface area contributed by atoms with E-state index in [0.717, 1.165) is 27.5 Å². The molecule has 0 saturated heterocycles. The maximum Gasteiger partial charge on any atom is 0.414 e. The maximum absolute atomic E-state index is 13.3. The Bertz CT molecular complexity index is 1720. The van der Waals surface area contributed by atoms with Crippen LogP contribution in [0.3, 0.4) is 0 Å². The van der Waals surface area contributed by atoms with Crippen LogP contribution < -0.4 is 21.3 Å². The van der Waals surface area contributed by atoms with Gasteiger partial charge in [-0.05, 0) is 67.5 Å². The van der Waals surface area contributed by atoms with Crippen LogP contribution in [0.2, 0.25) is 0 Å². The summed E-state index contributed by atoms with van der Waals surface area (Å²) in [5.41, 5.74) is 1.86. The third kappa shape index (κ3) is 14.2. The molecule has 0 heterocycles. The van der Waals surface area contributed by atoms with Crippen molar-refractivity contribution in [3.63, 3.8) is 0 Å². The number of alkyl carbamates (subject to hydrolysis) is 3. The predicted molar refractivity (Wildman–Crippen MR) is 195 cm³/mol. The van der Waals surface area contributed by atoms with Gasteiger partial charge in [-0.3, -0.25) is 20.4 Å². The maximum atomic E-state index is 13.3. The van der Waals surface area contributed by atoms with E-state index in [9.17, 15) is 19.2 Å². The summed E-state index contributed by atoms with van der Waals surface area (Å²) in [5, 5.41) is 12.7. The Labute approximate surface area is 298 Å². The highest BCUT2D eigenvalue weighted by molar-refractivity contribution is 6.01. The van der Waals surface area contributed by atoms with Crippen molar-refractivity contribution in [2.75, 3.05) is 13.1 Å². The van der Waals surface area contributed by atoms with Gasteiger partial charge in [-0.15, -0.1) is 0 Å². The van der Waals surface area contributed by atoms with Crippen LogP contribution in [0.4, 0.5) is 14.4 Å². The summed E-state index contributed by atoms with van der Waals surface area (Å²) in [7, 11) is 0. The summed E-state index contributed by atoms with van der Waals surface area (Å²) in [6.07, 6.45) is -1.32. The fourth-order valence-electron chi connectivity index (χ4n) is 4.87. The number of nitrogens with one attached hydrogen (secondary N) is 4. The molecule has 0 bridgehead atoms. The van der Waals surface area contributed by atoms with Crippen LogP contribution in [0, 0.1) is 0 Å². The fourth-order valence-corrected chi connectivity index (χ4v) is 4.87. The normalized spacial score (nSPS) is 11.4. The van der Waals surface area contributed by atoms with E-state index in [1.807, 2.05) is 97.1 Å². The number of fused-ring (bicyclic) bond motifs is 1. The van der Waals surface area contributed by atoms with E-state index in [0.29, 0.717) is 19.4 Å².